The average Bonchev–Trinajstić information content (AvgIpc) is 2.16. The lowest BCUT2D eigenvalue weighted by molar-refractivity contribution is -0.113. The van der Waals surface area contributed by atoms with Crippen molar-refractivity contribution in [2.45, 2.75) is 24.8 Å². The molecule has 0 fully saturated rings. The van der Waals surface area contributed by atoms with Crippen molar-refractivity contribution in [3.05, 3.63) is 18.2 Å². The number of carbonyl (C=O) groups excluding carboxylic acids is 1. The molecule has 3 nitrogen and oxygen atoms in total. The van der Waals surface area contributed by atoms with Crippen LogP contribution in [0.5, 0.6) is 0 Å². The quantitative estimate of drug-likeness (QED) is 0.808. The van der Waals surface area contributed by atoms with E-state index in [9.17, 15) is 4.79 Å². The van der Waals surface area contributed by atoms with Gasteiger partial charge < -0.3 is 10.6 Å². The first-order valence-corrected chi connectivity index (χ1v) is 5.97. The monoisotopic (exact) mass is 222 g/mol. The van der Waals surface area contributed by atoms with Crippen LogP contribution in [0.2, 0.25) is 0 Å². The maximum atomic E-state index is 11.2. The summed E-state index contributed by atoms with van der Waals surface area (Å²) in [5.74, 6) is 0.596. The van der Waals surface area contributed by atoms with Gasteiger partial charge in [0.2, 0.25) is 5.91 Å². The van der Waals surface area contributed by atoms with E-state index in [-0.39, 0.29) is 5.91 Å². The molecule has 0 unspecified atom stereocenters. The van der Waals surface area contributed by atoms with Gasteiger partial charge in [-0.15, -0.1) is 11.8 Å². The zero-order valence-corrected chi connectivity index (χ0v) is 9.65. The van der Waals surface area contributed by atoms with Crippen molar-refractivity contribution in [2.75, 3.05) is 16.4 Å². The van der Waals surface area contributed by atoms with Crippen LogP contribution in [-0.4, -0.2) is 17.7 Å². The third kappa shape index (κ3) is 2.45. The maximum Gasteiger partial charge on any atom is 0.234 e. The van der Waals surface area contributed by atoms with Crippen molar-refractivity contribution >= 4 is 29.0 Å². The van der Waals surface area contributed by atoms with Crippen molar-refractivity contribution < 1.29 is 4.79 Å². The molecule has 15 heavy (non-hydrogen) atoms. The summed E-state index contributed by atoms with van der Waals surface area (Å²) in [6, 6.07) is 6.47. The number of nitrogens with one attached hydrogen (secondary N) is 2. The third-order valence-electron chi connectivity index (χ3n) is 2.07. The lowest BCUT2D eigenvalue weighted by atomic mass is 10.2. The summed E-state index contributed by atoms with van der Waals surface area (Å²) in [7, 11) is 0. The minimum absolute atomic E-state index is 0.0780. The lowest BCUT2D eigenvalue weighted by Crippen LogP contribution is -2.19. The highest BCUT2D eigenvalue weighted by atomic mass is 32.2. The molecule has 1 amide bonds. The molecular weight excluding hydrogens is 208 g/mol. The van der Waals surface area contributed by atoms with Gasteiger partial charge in [0, 0.05) is 16.6 Å². The van der Waals surface area contributed by atoms with Crippen LogP contribution in [-0.2, 0) is 4.79 Å². The number of hydrogen-bond acceptors (Lipinski definition) is 3. The van der Waals surface area contributed by atoms with Crippen LogP contribution in [0.1, 0.15) is 13.8 Å². The minimum atomic E-state index is 0.0780. The number of benzene rings is 1. The Bertz CT molecular complexity index is 390. The summed E-state index contributed by atoms with van der Waals surface area (Å²) in [6.07, 6.45) is 0. The largest absolute Gasteiger partial charge is 0.383 e. The van der Waals surface area contributed by atoms with Crippen molar-refractivity contribution in [2.24, 2.45) is 0 Å². The van der Waals surface area contributed by atoms with E-state index in [0.29, 0.717) is 11.8 Å². The Morgan fingerprint density at radius 3 is 3.00 bits per heavy atom. The van der Waals surface area contributed by atoms with Crippen LogP contribution in [0.25, 0.3) is 0 Å². The molecule has 2 rings (SSSR count). The van der Waals surface area contributed by atoms with E-state index in [4.69, 9.17) is 0 Å². The van der Waals surface area contributed by atoms with Crippen LogP contribution in [0.4, 0.5) is 11.4 Å². The van der Waals surface area contributed by atoms with Crippen LogP contribution in [0.3, 0.4) is 0 Å². The molecule has 1 aliphatic rings. The van der Waals surface area contributed by atoms with Gasteiger partial charge >= 0.3 is 0 Å². The van der Waals surface area contributed by atoms with E-state index in [1.807, 2.05) is 18.2 Å². The standard InChI is InChI=1S/C11H14N2OS/c1-7(2)12-8-3-4-10-9(5-8)13-11(14)6-15-10/h3-5,7,12H,6H2,1-2H3,(H,13,14). The van der Waals surface area contributed by atoms with E-state index in [2.05, 4.69) is 24.5 Å². The van der Waals surface area contributed by atoms with E-state index >= 15 is 0 Å². The summed E-state index contributed by atoms with van der Waals surface area (Å²) >= 11 is 1.58. The number of fused-ring (bicyclic) bond motifs is 1. The summed E-state index contributed by atoms with van der Waals surface area (Å²) in [6.45, 7) is 4.18. The zero-order valence-electron chi connectivity index (χ0n) is 8.83. The molecule has 1 aliphatic heterocycles. The zero-order chi connectivity index (χ0) is 10.8. The van der Waals surface area contributed by atoms with Gasteiger partial charge in [0.1, 0.15) is 0 Å². The summed E-state index contributed by atoms with van der Waals surface area (Å²) < 4.78 is 0. The van der Waals surface area contributed by atoms with E-state index in [1.165, 1.54) is 0 Å². The molecule has 0 aromatic heterocycles. The number of thioether (sulfide) groups is 1. The number of hydrogen-bond donors (Lipinski definition) is 2. The number of amides is 1. The highest BCUT2D eigenvalue weighted by Crippen LogP contribution is 2.33. The number of carbonyl (C=O) groups is 1. The average molecular weight is 222 g/mol. The second kappa shape index (κ2) is 4.14. The molecule has 0 saturated carbocycles. The molecule has 0 saturated heterocycles. The molecule has 1 aromatic rings. The lowest BCUT2D eigenvalue weighted by Gasteiger charge is -2.18. The van der Waals surface area contributed by atoms with Gasteiger partial charge in [0.25, 0.3) is 0 Å². The van der Waals surface area contributed by atoms with Crippen molar-refractivity contribution in [1.82, 2.24) is 0 Å². The Hall–Kier alpha value is -1.16. The SMILES string of the molecule is CC(C)Nc1ccc2c(c1)NC(=O)CS2. The predicted molar refractivity (Wildman–Crippen MR) is 64.6 cm³/mol. The molecule has 0 bridgehead atoms. The Kier molecular flexibility index (Phi) is 2.86. The minimum Gasteiger partial charge on any atom is -0.383 e. The molecule has 0 aliphatic carbocycles. The van der Waals surface area contributed by atoms with Crippen molar-refractivity contribution in [1.29, 1.82) is 0 Å². The highest BCUT2D eigenvalue weighted by molar-refractivity contribution is 8.00. The van der Waals surface area contributed by atoms with Gasteiger partial charge in [-0.1, -0.05) is 0 Å². The fraction of sp³-hybridized carbons (Fsp3) is 0.364. The van der Waals surface area contributed by atoms with Crippen LogP contribution >= 0.6 is 11.8 Å². The molecule has 0 radical (unpaired) electrons. The van der Waals surface area contributed by atoms with Gasteiger partial charge in [-0.05, 0) is 32.0 Å². The second-order valence-corrected chi connectivity index (χ2v) is 4.86. The highest BCUT2D eigenvalue weighted by Gasteiger charge is 2.15. The normalized spacial score (nSPS) is 14.7. The first-order valence-electron chi connectivity index (χ1n) is 4.98. The molecule has 0 atom stereocenters. The van der Waals surface area contributed by atoms with Gasteiger partial charge in [-0.3, -0.25) is 4.79 Å². The Morgan fingerprint density at radius 1 is 1.47 bits per heavy atom. The van der Waals surface area contributed by atoms with Crippen LogP contribution in [0, 0.1) is 0 Å². The number of rotatable bonds is 2. The van der Waals surface area contributed by atoms with Crippen LogP contribution in [0.15, 0.2) is 23.1 Å². The summed E-state index contributed by atoms with van der Waals surface area (Å²) in [5.41, 5.74) is 1.97. The Morgan fingerprint density at radius 2 is 2.27 bits per heavy atom. The van der Waals surface area contributed by atoms with Gasteiger partial charge in [0.15, 0.2) is 0 Å². The summed E-state index contributed by atoms with van der Waals surface area (Å²) in [5, 5.41) is 6.18. The topological polar surface area (TPSA) is 41.1 Å². The van der Waals surface area contributed by atoms with E-state index in [1.54, 1.807) is 11.8 Å². The van der Waals surface area contributed by atoms with E-state index < -0.39 is 0 Å². The molecule has 2 N–H and O–H groups in total. The second-order valence-electron chi connectivity index (χ2n) is 3.85. The van der Waals surface area contributed by atoms with Gasteiger partial charge in [-0.25, -0.2) is 0 Å². The smallest absolute Gasteiger partial charge is 0.234 e. The van der Waals surface area contributed by atoms with E-state index in [0.717, 1.165) is 16.3 Å². The van der Waals surface area contributed by atoms with Crippen LogP contribution < -0.4 is 10.6 Å². The maximum absolute atomic E-state index is 11.2. The number of anilines is 2. The van der Waals surface area contributed by atoms with Crippen molar-refractivity contribution in [3.8, 4) is 0 Å². The summed E-state index contributed by atoms with van der Waals surface area (Å²) in [4.78, 5) is 12.3. The first-order chi connectivity index (χ1) is 7.15. The Labute approximate surface area is 93.6 Å². The molecule has 4 heteroatoms. The van der Waals surface area contributed by atoms with Crippen molar-refractivity contribution in [3.63, 3.8) is 0 Å². The fourth-order valence-corrected chi connectivity index (χ4v) is 2.29. The predicted octanol–water partition coefficient (Wildman–Crippen LogP) is 2.55. The van der Waals surface area contributed by atoms with Gasteiger partial charge in [0.05, 0.1) is 11.4 Å². The molecule has 1 aromatic carbocycles. The Balaban J connectivity index is 2.24. The third-order valence-corrected chi connectivity index (χ3v) is 3.14. The first kappa shape index (κ1) is 10.4. The van der Waals surface area contributed by atoms with Gasteiger partial charge in [-0.2, -0.15) is 0 Å². The molecule has 0 spiro atoms. The fourth-order valence-electron chi connectivity index (χ4n) is 1.51. The molecule has 1 heterocycles. The molecular formula is C11H14N2OS. The molecule has 80 valence electrons.